The van der Waals surface area contributed by atoms with Gasteiger partial charge in [0, 0.05) is 29.6 Å². The summed E-state index contributed by atoms with van der Waals surface area (Å²) in [5.41, 5.74) is 7.60. The molecule has 3 aromatic heterocycles. The molecule has 4 aromatic rings. The summed E-state index contributed by atoms with van der Waals surface area (Å²) in [6.07, 6.45) is 4.85. The Kier molecular flexibility index (Phi) is 3.92. The maximum atomic E-state index is 14.2. The predicted molar refractivity (Wildman–Crippen MR) is 95.1 cm³/mol. The molecular weight excluding hydrogens is 353 g/mol. The third kappa shape index (κ3) is 3.03. The van der Waals surface area contributed by atoms with E-state index in [2.05, 4.69) is 20.1 Å². The third-order valence-electron chi connectivity index (χ3n) is 4.03. The number of fused-ring (bicyclic) bond motifs is 1. The van der Waals surface area contributed by atoms with E-state index in [9.17, 15) is 14.5 Å². The lowest BCUT2D eigenvalue weighted by Crippen LogP contribution is -2.06. The lowest BCUT2D eigenvalue weighted by molar-refractivity contribution is -0.385. The Hall–Kier alpha value is -3.95. The second-order valence-corrected chi connectivity index (χ2v) is 5.74. The zero-order valence-electron chi connectivity index (χ0n) is 13.8. The van der Waals surface area contributed by atoms with Crippen LogP contribution in [0.1, 0.15) is 5.56 Å². The summed E-state index contributed by atoms with van der Waals surface area (Å²) >= 11 is 0. The van der Waals surface area contributed by atoms with Crippen molar-refractivity contribution >= 4 is 22.7 Å². The number of non-ortho nitro benzene ring substituents is 1. The largest absolute Gasteiger partial charge is 0.368 e. The van der Waals surface area contributed by atoms with Gasteiger partial charge in [0.2, 0.25) is 5.95 Å². The molecule has 0 aliphatic heterocycles. The van der Waals surface area contributed by atoms with Crippen LogP contribution >= 0.6 is 0 Å². The summed E-state index contributed by atoms with van der Waals surface area (Å²) in [5, 5.41) is 15.7. The summed E-state index contributed by atoms with van der Waals surface area (Å²) in [6, 6.07) is 7.06. The molecule has 10 heteroatoms. The lowest BCUT2D eigenvalue weighted by atomic mass is 10.1. The number of halogens is 1. The first-order valence-corrected chi connectivity index (χ1v) is 7.85. The minimum atomic E-state index is -0.691. The van der Waals surface area contributed by atoms with E-state index in [4.69, 9.17) is 5.73 Å². The van der Waals surface area contributed by atoms with Gasteiger partial charge in [-0.15, -0.1) is 0 Å². The van der Waals surface area contributed by atoms with Crippen LogP contribution in [0.2, 0.25) is 0 Å². The predicted octanol–water partition coefficient (Wildman–Crippen LogP) is 2.57. The van der Waals surface area contributed by atoms with Gasteiger partial charge < -0.3 is 5.73 Å². The molecule has 0 aliphatic rings. The average Bonchev–Trinajstić information content (AvgIpc) is 3.06. The van der Waals surface area contributed by atoms with E-state index in [1.807, 2.05) is 0 Å². The molecule has 0 amide bonds. The van der Waals surface area contributed by atoms with Crippen LogP contribution in [0.3, 0.4) is 0 Å². The lowest BCUT2D eigenvalue weighted by Gasteiger charge is -2.07. The van der Waals surface area contributed by atoms with Crippen molar-refractivity contribution in [2.75, 3.05) is 5.73 Å². The van der Waals surface area contributed by atoms with Crippen LogP contribution in [0, 0.1) is 15.9 Å². The summed E-state index contributed by atoms with van der Waals surface area (Å²) in [5.74, 6) is -0.635. The third-order valence-corrected chi connectivity index (χ3v) is 4.03. The number of nitrogens with two attached hydrogens (primary N) is 1. The van der Waals surface area contributed by atoms with Gasteiger partial charge in [0.15, 0.2) is 5.65 Å². The van der Waals surface area contributed by atoms with Gasteiger partial charge in [-0.2, -0.15) is 10.1 Å². The minimum absolute atomic E-state index is 0.0412. The van der Waals surface area contributed by atoms with Crippen molar-refractivity contribution in [3.05, 3.63) is 70.4 Å². The fraction of sp³-hybridized carbons (Fsp3) is 0.0588. The second-order valence-electron chi connectivity index (χ2n) is 5.74. The Balaban J connectivity index is 1.78. The van der Waals surface area contributed by atoms with E-state index in [0.29, 0.717) is 16.7 Å². The van der Waals surface area contributed by atoms with Crippen molar-refractivity contribution < 1.29 is 9.31 Å². The fourth-order valence-electron chi connectivity index (χ4n) is 2.76. The number of aromatic nitrogens is 5. The molecule has 0 radical (unpaired) electrons. The first-order chi connectivity index (χ1) is 13.0. The molecule has 0 unspecified atom stereocenters. The summed E-state index contributed by atoms with van der Waals surface area (Å²) in [6.45, 7) is 0.0412. The zero-order chi connectivity index (χ0) is 19.0. The van der Waals surface area contributed by atoms with Crippen molar-refractivity contribution in [1.29, 1.82) is 0 Å². The van der Waals surface area contributed by atoms with E-state index in [1.165, 1.54) is 16.8 Å². The van der Waals surface area contributed by atoms with Gasteiger partial charge in [0.05, 0.1) is 34.8 Å². The number of hydrogen-bond donors (Lipinski definition) is 1. The molecule has 0 saturated carbocycles. The molecule has 2 N–H and O–H groups in total. The van der Waals surface area contributed by atoms with Gasteiger partial charge in [-0.1, -0.05) is 0 Å². The highest BCUT2D eigenvalue weighted by Crippen LogP contribution is 2.27. The highest BCUT2D eigenvalue weighted by Gasteiger charge is 2.16. The van der Waals surface area contributed by atoms with Gasteiger partial charge >= 0.3 is 0 Å². The minimum Gasteiger partial charge on any atom is -0.368 e. The molecule has 0 spiro atoms. The standard InChI is InChI=1S/C17H12FN7O2/c18-14-7-12(25(26)27)2-1-11(14)9-24-16-13(8-21-24)15(22-17(19)23-16)10-3-5-20-6-4-10/h1-8H,9H2,(H2,19,22,23). The maximum Gasteiger partial charge on any atom is 0.272 e. The molecule has 0 atom stereocenters. The number of nitrogen functional groups attached to an aromatic ring is 1. The number of nitro benzene ring substituents is 1. The SMILES string of the molecule is Nc1nc(-c2ccncc2)c2cnn(Cc3ccc([N+](=O)[O-])cc3F)c2n1. The van der Waals surface area contributed by atoms with Crippen LogP contribution in [-0.2, 0) is 6.54 Å². The van der Waals surface area contributed by atoms with E-state index in [1.54, 1.807) is 30.7 Å². The van der Waals surface area contributed by atoms with Gasteiger partial charge in [0.25, 0.3) is 5.69 Å². The summed E-state index contributed by atoms with van der Waals surface area (Å²) in [7, 11) is 0. The number of nitrogens with zero attached hydrogens (tertiary/aromatic N) is 6. The number of anilines is 1. The second kappa shape index (κ2) is 6.41. The molecule has 9 nitrogen and oxygen atoms in total. The molecular formula is C17H12FN7O2. The normalized spacial score (nSPS) is 11.0. The molecule has 27 heavy (non-hydrogen) atoms. The molecule has 4 rings (SSSR count). The first-order valence-electron chi connectivity index (χ1n) is 7.85. The molecule has 0 bridgehead atoms. The van der Waals surface area contributed by atoms with Crippen LogP contribution < -0.4 is 5.73 Å². The Morgan fingerprint density at radius 3 is 2.67 bits per heavy atom. The van der Waals surface area contributed by atoms with Crippen molar-refractivity contribution in [1.82, 2.24) is 24.7 Å². The molecule has 0 aliphatic carbocycles. The highest BCUT2D eigenvalue weighted by molar-refractivity contribution is 5.90. The van der Waals surface area contributed by atoms with Crippen LogP contribution in [0.5, 0.6) is 0 Å². The molecule has 1 aromatic carbocycles. The zero-order valence-corrected chi connectivity index (χ0v) is 13.8. The van der Waals surface area contributed by atoms with Crippen LogP contribution in [0.15, 0.2) is 48.9 Å². The van der Waals surface area contributed by atoms with E-state index in [-0.39, 0.29) is 23.7 Å². The Morgan fingerprint density at radius 1 is 1.19 bits per heavy atom. The maximum absolute atomic E-state index is 14.2. The van der Waals surface area contributed by atoms with Gasteiger partial charge in [0.1, 0.15) is 5.82 Å². The first kappa shape index (κ1) is 16.5. The van der Waals surface area contributed by atoms with E-state index < -0.39 is 10.7 Å². The van der Waals surface area contributed by atoms with Crippen molar-refractivity contribution in [2.45, 2.75) is 6.54 Å². The van der Waals surface area contributed by atoms with Crippen molar-refractivity contribution in [3.8, 4) is 11.3 Å². The van der Waals surface area contributed by atoms with E-state index >= 15 is 0 Å². The number of hydrogen-bond acceptors (Lipinski definition) is 7. The van der Waals surface area contributed by atoms with Gasteiger partial charge in [-0.25, -0.2) is 14.1 Å². The summed E-state index contributed by atoms with van der Waals surface area (Å²) in [4.78, 5) is 22.6. The quantitative estimate of drug-likeness (QED) is 0.435. The van der Waals surface area contributed by atoms with Gasteiger partial charge in [-0.05, 0) is 18.2 Å². The summed E-state index contributed by atoms with van der Waals surface area (Å²) < 4.78 is 15.7. The number of rotatable bonds is 4. The van der Waals surface area contributed by atoms with Crippen LogP contribution in [0.25, 0.3) is 22.3 Å². The molecule has 3 heterocycles. The van der Waals surface area contributed by atoms with Crippen molar-refractivity contribution in [2.24, 2.45) is 0 Å². The number of pyridine rings is 1. The van der Waals surface area contributed by atoms with Crippen LogP contribution in [0.4, 0.5) is 16.0 Å². The monoisotopic (exact) mass is 365 g/mol. The molecule has 0 saturated heterocycles. The smallest absolute Gasteiger partial charge is 0.272 e. The number of nitro groups is 1. The molecule has 0 fully saturated rings. The average molecular weight is 365 g/mol. The van der Waals surface area contributed by atoms with E-state index in [0.717, 1.165) is 11.6 Å². The fourth-order valence-corrected chi connectivity index (χ4v) is 2.76. The molecule has 134 valence electrons. The Bertz CT molecular complexity index is 1160. The van der Waals surface area contributed by atoms with Crippen molar-refractivity contribution in [3.63, 3.8) is 0 Å². The van der Waals surface area contributed by atoms with Gasteiger partial charge in [-0.3, -0.25) is 15.1 Å². The topological polar surface area (TPSA) is 126 Å². The Labute approximate surface area is 151 Å². The van der Waals surface area contributed by atoms with Crippen LogP contribution in [-0.4, -0.2) is 29.7 Å². The number of benzene rings is 1. The Morgan fingerprint density at radius 2 is 1.96 bits per heavy atom. The highest BCUT2D eigenvalue weighted by atomic mass is 19.1.